The number of hydrogen-bond donors (Lipinski definition) is 2. The molecule has 0 saturated heterocycles. The second-order valence-electron chi connectivity index (χ2n) is 7.92. The van der Waals surface area contributed by atoms with Crippen molar-refractivity contribution in [2.24, 2.45) is 0 Å². The first-order valence-electron chi connectivity index (χ1n) is 11.1. The molecule has 186 valence electrons. The van der Waals surface area contributed by atoms with Crippen molar-refractivity contribution in [1.29, 1.82) is 0 Å². The SMILES string of the molecule is CNC(=O)c1ccc(S(=O)(=O)N[C@H](C(=O)N(Cc2ccco2)Cc2cccs2)c2ccccc2)cc1. The number of nitrogens with zero attached hydrogens (tertiary/aromatic N) is 1. The van der Waals surface area contributed by atoms with E-state index in [1.807, 2.05) is 17.5 Å². The van der Waals surface area contributed by atoms with E-state index in [-0.39, 0.29) is 17.3 Å². The van der Waals surface area contributed by atoms with Crippen LogP contribution in [0, 0.1) is 0 Å². The summed E-state index contributed by atoms with van der Waals surface area (Å²) in [5, 5.41) is 4.42. The molecule has 1 atom stereocenters. The van der Waals surface area contributed by atoms with Gasteiger partial charge in [0.1, 0.15) is 11.8 Å². The molecule has 2 amide bonds. The van der Waals surface area contributed by atoms with Crippen LogP contribution in [0.5, 0.6) is 0 Å². The standard InChI is InChI=1S/C26H25N3O5S2/c1-27-25(30)20-11-13-23(14-12-20)36(32,33)28-24(19-7-3-2-4-8-19)26(31)29(17-21-9-5-15-34-21)18-22-10-6-16-35-22/h2-16,24,28H,17-18H2,1H3,(H,27,30)/t24-/m0/s1. The van der Waals surface area contributed by atoms with Gasteiger partial charge in [0.05, 0.1) is 24.2 Å². The van der Waals surface area contributed by atoms with Crippen LogP contribution < -0.4 is 10.0 Å². The third kappa shape index (κ3) is 6.09. The Morgan fingerprint density at radius 3 is 2.31 bits per heavy atom. The van der Waals surface area contributed by atoms with Crippen molar-refractivity contribution in [3.8, 4) is 0 Å². The van der Waals surface area contributed by atoms with Gasteiger partial charge in [-0.25, -0.2) is 8.42 Å². The Bertz CT molecular complexity index is 1350. The maximum absolute atomic E-state index is 13.9. The van der Waals surface area contributed by atoms with Gasteiger partial charge in [0, 0.05) is 17.5 Å². The molecular formula is C26H25N3O5S2. The summed E-state index contributed by atoms with van der Waals surface area (Å²) in [6.45, 7) is 0.471. The highest BCUT2D eigenvalue weighted by Crippen LogP contribution is 2.24. The summed E-state index contributed by atoms with van der Waals surface area (Å²) in [4.78, 5) is 28.2. The molecule has 2 heterocycles. The fourth-order valence-corrected chi connectivity index (χ4v) is 5.53. The smallest absolute Gasteiger partial charge is 0.251 e. The van der Waals surface area contributed by atoms with Crippen molar-refractivity contribution in [2.75, 3.05) is 7.05 Å². The lowest BCUT2D eigenvalue weighted by molar-refractivity contribution is -0.134. The number of nitrogens with one attached hydrogen (secondary N) is 2. The van der Waals surface area contributed by atoms with Crippen molar-refractivity contribution in [1.82, 2.24) is 14.9 Å². The average Bonchev–Trinajstić information content (AvgIpc) is 3.61. The third-order valence-electron chi connectivity index (χ3n) is 5.47. The van der Waals surface area contributed by atoms with Crippen LogP contribution in [0.1, 0.15) is 32.6 Å². The fraction of sp³-hybridized carbons (Fsp3) is 0.154. The second-order valence-corrected chi connectivity index (χ2v) is 10.7. The maximum atomic E-state index is 13.9. The molecule has 4 aromatic rings. The van der Waals surface area contributed by atoms with E-state index in [1.165, 1.54) is 48.9 Å². The minimum atomic E-state index is -4.11. The zero-order chi connectivity index (χ0) is 25.5. The van der Waals surface area contributed by atoms with E-state index in [9.17, 15) is 18.0 Å². The Kier molecular flexibility index (Phi) is 7.99. The van der Waals surface area contributed by atoms with Gasteiger partial charge in [-0.05, 0) is 53.4 Å². The molecule has 0 aliphatic rings. The molecule has 0 radical (unpaired) electrons. The monoisotopic (exact) mass is 523 g/mol. The molecule has 4 rings (SSSR count). The lowest BCUT2D eigenvalue weighted by atomic mass is 10.1. The number of rotatable bonds is 10. The molecule has 2 aromatic carbocycles. The Morgan fingerprint density at radius 1 is 0.944 bits per heavy atom. The average molecular weight is 524 g/mol. The minimum absolute atomic E-state index is 0.0558. The van der Waals surface area contributed by atoms with Gasteiger partial charge in [-0.15, -0.1) is 11.3 Å². The molecule has 10 heteroatoms. The molecule has 0 fully saturated rings. The summed E-state index contributed by atoms with van der Waals surface area (Å²) >= 11 is 1.51. The van der Waals surface area contributed by atoms with Crippen LogP contribution in [0.2, 0.25) is 0 Å². The van der Waals surface area contributed by atoms with Gasteiger partial charge in [0.15, 0.2) is 0 Å². The first-order chi connectivity index (χ1) is 17.4. The summed E-state index contributed by atoms with van der Waals surface area (Å²) in [6, 6.07) is 20.4. The van der Waals surface area contributed by atoms with E-state index >= 15 is 0 Å². The molecule has 8 nitrogen and oxygen atoms in total. The van der Waals surface area contributed by atoms with Crippen LogP contribution >= 0.6 is 11.3 Å². The highest BCUT2D eigenvalue weighted by Gasteiger charge is 2.31. The zero-order valence-electron chi connectivity index (χ0n) is 19.5. The van der Waals surface area contributed by atoms with Gasteiger partial charge in [0.25, 0.3) is 5.91 Å². The Balaban J connectivity index is 1.66. The highest BCUT2D eigenvalue weighted by molar-refractivity contribution is 7.89. The predicted molar refractivity (Wildman–Crippen MR) is 137 cm³/mol. The molecular weight excluding hydrogens is 498 g/mol. The van der Waals surface area contributed by atoms with Crippen LogP contribution in [0.3, 0.4) is 0 Å². The fourth-order valence-electron chi connectivity index (χ4n) is 3.64. The molecule has 0 aliphatic carbocycles. The Hall–Kier alpha value is -3.73. The van der Waals surface area contributed by atoms with Crippen molar-refractivity contribution in [3.05, 3.63) is 112 Å². The summed E-state index contributed by atoms with van der Waals surface area (Å²) in [7, 11) is -2.61. The summed E-state index contributed by atoms with van der Waals surface area (Å²) in [5.74, 6) is -0.165. The predicted octanol–water partition coefficient (Wildman–Crippen LogP) is 3.95. The molecule has 36 heavy (non-hydrogen) atoms. The second kappa shape index (κ2) is 11.3. The van der Waals surface area contributed by atoms with E-state index in [2.05, 4.69) is 10.0 Å². The number of hydrogen-bond acceptors (Lipinski definition) is 6. The largest absolute Gasteiger partial charge is 0.467 e. The van der Waals surface area contributed by atoms with Gasteiger partial charge < -0.3 is 14.6 Å². The quantitative estimate of drug-likeness (QED) is 0.327. The molecule has 0 bridgehead atoms. The van der Waals surface area contributed by atoms with Gasteiger partial charge in [-0.2, -0.15) is 4.72 Å². The molecule has 0 saturated carbocycles. The number of thiophene rings is 1. The number of carbonyl (C=O) groups excluding carboxylic acids is 2. The van der Waals surface area contributed by atoms with Crippen LogP contribution in [0.15, 0.2) is 99.8 Å². The van der Waals surface area contributed by atoms with Gasteiger partial charge in [0.2, 0.25) is 15.9 Å². The van der Waals surface area contributed by atoms with E-state index < -0.39 is 22.0 Å². The molecule has 0 spiro atoms. The lowest BCUT2D eigenvalue weighted by Gasteiger charge is -2.27. The van der Waals surface area contributed by atoms with E-state index in [4.69, 9.17) is 4.42 Å². The molecule has 0 unspecified atom stereocenters. The minimum Gasteiger partial charge on any atom is -0.467 e. The number of carbonyl (C=O) groups is 2. The normalized spacial score (nSPS) is 12.1. The number of sulfonamides is 1. The molecule has 0 aliphatic heterocycles. The van der Waals surface area contributed by atoms with Crippen LogP contribution in [0.4, 0.5) is 0 Å². The zero-order valence-corrected chi connectivity index (χ0v) is 21.1. The topological polar surface area (TPSA) is 109 Å². The number of benzene rings is 2. The van der Waals surface area contributed by atoms with Crippen molar-refractivity contribution in [2.45, 2.75) is 24.0 Å². The van der Waals surface area contributed by atoms with E-state index in [0.717, 1.165) is 4.88 Å². The van der Waals surface area contributed by atoms with Crippen LogP contribution in [-0.2, 0) is 27.9 Å². The van der Waals surface area contributed by atoms with Gasteiger partial charge in [-0.3, -0.25) is 9.59 Å². The van der Waals surface area contributed by atoms with E-state index in [0.29, 0.717) is 23.4 Å². The van der Waals surface area contributed by atoms with Crippen molar-refractivity contribution >= 4 is 33.2 Å². The van der Waals surface area contributed by atoms with Gasteiger partial charge in [-0.1, -0.05) is 36.4 Å². The van der Waals surface area contributed by atoms with Crippen molar-refractivity contribution < 1.29 is 22.4 Å². The Labute approximate surface area is 213 Å². The summed E-state index contributed by atoms with van der Waals surface area (Å²) in [5.41, 5.74) is 0.830. The van der Waals surface area contributed by atoms with Crippen LogP contribution in [-0.4, -0.2) is 32.2 Å². The number of furan rings is 1. The summed E-state index contributed by atoms with van der Waals surface area (Å²) in [6.07, 6.45) is 1.53. The summed E-state index contributed by atoms with van der Waals surface area (Å²) < 4.78 is 34.7. The van der Waals surface area contributed by atoms with Gasteiger partial charge >= 0.3 is 0 Å². The maximum Gasteiger partial charge on any atom is 0.251 e. The molecule has 2 aromatic heterocycles. The first kappa shape index (κ1) is 25.4. The lowest BCUT2D eigenvalue weighted by Crippen LogP contribution is -2.42. The van der Waals surface area contributed by atoms with Crippen molar-refractivity contribution in [3.63, 3.8) is 0 Å². The highest BCUT2D eigenvalue weighted by atomic mass is 32.2. The number of amides is 2. The first-order valence-corrected chi connectivity index (χ1v) is 13.5. The molecule has 2 N–H and O–H groups in total. The van der Waals surface area contributed by atoms with E-state index in [1.54, 1.807) is 47.4 Å². The van der Waals surface area contributed by atoms with Crippen LogP contribution in [0.25, 0.3) is 0 Å². The third-order valence-corrected chi connectivity index (χ3v) is 7.77. The Morgan fingerprint density at radius 2 is 1.69 bits per heavy atom.